The van der Waals surface area contributed by atoms with Gasteiger partial charge in [0.15, 0.2) is 0 Å². The molecular formula is C9H6N2. The van der Waals surface area contributed by atoms with Crippen LogP contribution in [0.3, 0.4) is 0 Å². The fourth-order valence-corrected chi connectivity index (χ4v) is 1.18. The molecule has 0 saturated heterocycles. The predicted octanol–water partition coefficient (Wildman–Crippen LogP) is 2.20. The van der Waals surface area contributed by atoms with Crippen molar-refractivity contribution < 1.29 is 0 Å². The molecule has 0 bridgehead atoms. The van der Waals surface area contributed by atoms with Gasteiger partial charge >= 0.3 is 0 Å². The molecule has 1 aromatic heterocycles. The Morgan fingerprint density at radius 3 is 3.18 bits per heavy atom. The Hall–Kier alpha value is -1.62. The van der Waals surface area contributed by atoms with Crippen LogP contribution in [0, 0.1) is 6.57 Å². The van der Waals surface area contributed by atoms with Gasteiger partial charge in [-0.1, -0.05) is 24.8 Å². The smallest absolute Gasteiger partial charge is 0.269 e. The molecule has 0 amide bonds. The van der Waals surface area contributed by atoms with Crippen LogP contribution in [0.2, 0.25) is 0 Å². The molecule has 0 aromatic carbocycles. The average molecular weight is 142 g/mol. The standard InChI is InChI=1S/C9H6N2/c1-10-9-6-5-7-3-2-4-8(7)11-9/h2-3,5-6H,4H2. The average Bonchev–Trinajstić information content (AvgIpc) is 2.50. The Bertz CT molecular complexity index is 358. The SMILES string of the molecule is [C-]#[N+]c1ccc2c(n1)CC=C2. The summed E-state index contributed by atoms with van der Waals surface area (Å²) in [6.45, 7) is 6.75. The van der Waals surface area contributed by atoms with Crippen LogP contribution in [0.1, 0.15) is 11.3 Å². The summed E-state index contributed by atoms with van der Waals surface area (Å²) in [4.78, 5) is 7.41. The minimum atomic E-state index is 0.493. The van der Waals surface area contributed by atoms with E-state index in [0.29, 0.717) is 5.82 Å². The van der Waals surface area contributed by atoms with E-state index < -0.39 is 0 Å². The Balaban J connectivity index is 2.56. The normalized spacial score (nSPS) is 12.6. The van der Waals surface area contributed by atoms with Crippen molar-refractivity contribution in [3.8, 4) is 0 Å². The summed E-state index contributed by atoms with van der Waals surface area (Å²) in [5.74, 6) is 0.493. The number of nitrogens with zero attached hydrogens (tertiary/aromatic N) is 2. The van der Waals surface area contributed by atoms with Crippen LogP contribution < -0.4 is 0 Å². The minimum absolute atomic E-state index is 0.493. The van der Waals surface area contributed by atoms with Crippen LogP contribution in [0.25, 0.3) is 10.9 Å². The monoisotopic (exact) mass is 142 g/mol. The van der Waals surface area contributed by atoms with Gasteiger partial charge in [0.1, 0.15) is 5.69 Å². The molecule has 0 saturated carbocycles. The van der Waals surface area contributed by atoms with Crippen LogP contribution in [-0.4, -0.2) is 4.98 Å². The third-order valence-corrected chi connectivity index (χ3v) is 1.72. The van der Waals surface area contributed by atoms with Crippen molar-refractivity contribution in [2.24, 2.45) is 0 Å². The number of fused-ring (bicyclic) bond motifs is 1. The Morgan fingerprint density at radius 1 is 1.45 bits per heavy atom. The Morgan fingerprint density at radius 2 is 2.36 bits per heavy atom. The molecule has 2 rings (SSSR count). The molecule has 0 radical (unpaired) electrons. The molecule has 0 atom stereocenters. The second-order valence-corrected chi connectivity index (χ2v) is 2.42. The molecule has 1 aliphatic rings. The fraction of sp³-hybridized carbons (Fsp3) is 0.111. The van der Waals surface area contributed by atoms with Gasteiger partial charge in [-0.05, 0) is 6.07 Å². The summed E-state index contributed by atoms with van der Waals surface area (Å²) >= 11 is 0. The van der Waals surface area contributed by atoms with Crippen molar-refractivity contribution in [2.45, 2.75) is 6.42 Å². The van der Waals surface area contributed by atoms with Gasteiger partial charge in [-0.15, -0.1) is 4.98 Å². The van der Waals surface area contributed by atoms with Gasteiger partial charge in [0, 0.05) is 12.0 Å². The molecule has 11 heavy (non-hydrogen) atoms. The zero-order chi connectivity index (χ0) is 7.68. The molecule has 1 heterocycles. The highest BCUT2D eigenvalue weighted by Crippen LogP contribution is 2.20. The van der Waals surface area contributed by atoms with E-state index in [0.717, 1.165) is 17.7 Å². The molecule has 2 nitrogen and oxygen atoms in total. The van der Waals surface area contributed by atoms with Crippen LogP contribution in [0.5, 0.6) is 0 Å². The van der Waals surface area contributed by atoms with E-state index in [9.17, 15) is 0 Å². The number of rotatable bonds is 0. The summed E-state index contributed by atoms with van der Waals surface area (Å²) in [5.41, 5.74) is 2.18. The molecule has 2 heteroatoms. The van der Waals surface area contributed by atoms with Crippen LogP contribution >= 0.6 is 0 Å². The lowest BCUT2D eigenvalue weighted by molar-refractivity contribution is 1.14. The van der Waals surface area contributed by atoms with Crippen molar-refractivity contribution in [2.75, 3.05) is 0 Å². The molecule has 0 aliphatic heterocycles. The second kappa shape index (κ2) is 2.21. The summed E-state index contributed by atoms with van der Waals surface area (Å²) in [6.07, 6.45) is 4.97. The van der Waals surface area contributed by atoms with E-state index in [-0.39, 0.29) is 0 Å². The summed E-state index contributed by atoms with van der Waals surface area (Å²) in [7, 11) is 0. The zero-order valence-electron chi connectivity index (χ0n) is 5.91. The van der Waals surface area contributed by atoms with Crippen LogP contribution in [0.4, 0.5) is 5.82 Å². The van der Waals surface area contributed by atoms with E-state index in [2.05, 4.69) is 15.9 Å². The van der Waals surface area contributed by atoms with E-state index >= 15 is 0 Å². The Labute approximate surface area is 65.0 Å². The second-order valence-electron chi connectivity index (χ2n) is 2.42. The first kappa shape index (κ1) is 6.11. The third-order valence-electron chi connectivity index (χ3n) is 1.72. The van der Waals surface area contributed by atoms with Gasteiger partial charge in [-0.3, -0.25) is 0 Å². The van der Waals surface area contributed by atoms with Gasteiger partial charge in [0.05, 0.1) is 0 Å². The first-order chi connectivity index (χ1) is 5.40. The van der Waals surface area contributed by atoms with Crippen molar-refractivity contribution in [3.63, 3.8) is 0 Å². The Kier molecular flexibility index (Phi) is 1.23. The maximum atomic E-state index is 6.75. The van der Waals surface area contributed by atoms with Gasteiger partial charge in [-0.25, -0.2) is 0 Å². The first-order valence-corrected chi connectivity index (χ1v) is 3.44. The number of allylic oxidation sites excluding steroid dienone is 1. The van der Waals surface area contributed by atoms with Gasteiger partial charge in [0.2, 0.25) is 0 Å². The van der Waals surface area contributed by atoms with Crippen molar-refractivity contribution >= 4 is 11.9 Å². The molecule has 0 unspecified atom stereocenters. The van der Waals surface area contributed by atoms with Crippen LogP contribution in [0.15, 0.2) is 18.2 Å². The maximum absolute atomic E-state index is 6.75. The molecule has 1 aliphatic carbocycles. The lowest BCUT2D eigenvalue weighted by Gasteiger charge is -1.92. The van der Waals surface area contributed by atoms with E-state index in [4.69, 9.17) is 6.57 Å². The van der Waals surface area contributed by atoms with Crippen LogP contribution in [-0.2, 0) is 6.42 Å². The maximum Gasteiger partial charge on any atom is 0.269 e. The predicted molar refractivity (Wildman–Crippen MR) is 43.2 cm³/mol. The van der Waals surface area contributed by atoms with Crippen molar-refractivity contribution in [1.82, 2.24) is 4.98 Å². The number of hydrogen-bond acceptors (Lipinski definition) is 1. The lowest BCUT2D eigenvalue weighted by atomic mass is 10.2. The highest BCUT2D eigenvalue weighted by molar-refractivity contribution is 5.59. The molecule has 1 aromatic rings. The van der Waals surface area contributed by atoms with Gasteiger partial charge in [-0.2, -0.15) is 0 Å². The fourth-order valence-electron chi connectivity index (χ4n) is 1.18. The molecular weight excluding hydrogens is 136 g/mol. The number of hydrogen-bond donors (Lipinski definition) is 0. The van der Waals surface area contributed by atoms with Crippen molar-refractivity contribution in [3.05, 3.63) is 40.9 Å². The number of aromatic nitrogens is 1. The third kappa shape index (κ3) is 0.908. The number of pyridine rings is 1. The van der Waals surface area contributed by atoms with Gasteiger partial charge in [0.25, 0.3) is 5.82 Å². The quantitative estimate of drug-likeness (QED) is 0.507. The van der Waals surface area contributed by atoms with E-state index in [1.165, 1.54) is 0 Å². The molecule has 0 spiro atoms. The summed E-state index contributed by atoms with van der Waals surface area (Å²) in [5, 5.41) is 0. The van der Waals surface area contributed by atoms with Crippen molar-refractivity contribution in [1.29, 1.82) is 0 Å². The molecule has 52 valence electrons. The highest BCUT2D eigenvalue weighted by atomic mass is 14.9. The lowest BCUT2D eigenvalue weighted by Crippen LogP contribution is -1.85. The molecule has 0 N–H and O–H groups in total. The summed E-state index contributed by atoms with van der Waals surface area (Å²) in [6, 6.07) is 3.70. The summed E-state index contributed by atoms with van der Waals surface area (Å²) < 4.78 is 0. The molecule has 0 fully saturated rings. The van der Waals surface area contributed by atoms with E-state index in [1.54, 1.807) is 6.07 Å². The zero-order valence-corrected chi connectivity index (χ0v) is 5.91. The van der Waals surface area contributed by atoms with E-state index in [1.807, 2.05) is 12.1 Å². The highest BCUT2D eigenvalue weighted by Gasteiger charge is 2.09. The minimum Gasteiger partial charge on any atom is -0.361 e. The first-order valence-electron chi connectivity index (χ1n) is 3.44. The largest absolute Gasteiger partial charge is 0.361 e. The topological polar surface area (TPSA) is 17.2 Å². The van der Waals surface area contributed by atoms with Gasteiger partial charge < -0.3 is 4.85 Å².